The van der Waals surface area contributed by atoms with E-state index < -0.39 is 10.1 Å². The molecule has 1 rings (SSSR count). The van der Waals surface area contributed by atoms with Gasteiger partial charge in [0.25, 0.3) is 10.1 Å². The van der Waals surface area contributed by atoms with Crippen molar-refractivity contribution in [3.8, 4) is 0 Å². The van der Waals surface area contributed by atoms with Crippen molar-refractivity contribution in [2.45, 2.75) is 4.90 Å². The summed E-state index contributed by atoms with van der Waals surface area (Å²) in [4.78, 5) is -0.147. The van der Waals surface area contributed by atoms with Crippen molar-refractivity contribution >= 4 is 15.8 Å². The van der Waals surface area contributed by atoms with Crippen LogP contribution in [0, 0.1) is 7.11 Å². The van der Waals surface area contributed by atoms with Crippen molar-refractivity contribution in [2.75, 3.05) is 5.73 Å². The summed E-state index contributed by atoms with van der Waals surface area (Å²) >= 11 is 0. The Labute approximate surface area is 105 Å². The number of nitrogens with two attached hydrogens (primary N) is 1. The largest absolute Gasteiger partial charge is 1.00 e. The molecule has 0 saturated heterocycles. The molecule has 14 heavy (non-hydrogen) atoms. The zero-order chi connectivity index (χ0) is 10.5. The van der Waals surface area contributed by atoms with E-state index in [9.17, 15) is 8.42 Å². The summed E-state index contributed by atoms with van der Waals surface area (Å²) in [5, 5.41) is 6.75. The van der Waals surface area contributed by atoms with Gasteiger partial charge in [-0.2, -0.15) is 8.42 Å². The summed E-state index contributed by atoms with van der Waals surface area (Å²) in [5.41, 5.74) is 5.75. The number of hydrogen-bond donors (Lipinski definition) is 3. The van der Waals surface area contributed by atoms with Crippen LogP contribution in [-0.2, 0) is 10.1 Å². The number of aliphatic hydroxyl groups excluding tert-OH is 1. The van der Waals surface area contributed by atoms with Crippen molar-refractivity contribution in [3.63, 3.8) is 0 Å². The fourth-order valence-electron chi connectivity index (χ4n) is 0.640. The topological polar surface area (TPSA) is 101 Å². The number of aliphatic hydroxyl groups is 1. The Morgan fingerprint density at radius 1 is 1.14 bits per heavy atom. The maximum absolute atomic E-state index is 10.5. The Bertz CT molecular complexity index is 348. The van der Waals surface area contributed by atoms with Crippen molar-refractivity contribution < 1.29 is 47.6 Å². The fourth-order valence-corrected chi connectivity index (χ4v) is 1.12. The molecule has 74 valence electrons. The van der Waals surface area contributed by atoms with E-state index in [1.54, 1.807) is 0 Å². The molecule has 0 saturated carbocycles. The molecule has 0 heterocycles. The molecule has 0 bridgehead atoms. The van der Waals surface area contributed by atoms with Crippen LogP contribution in [0.2, 0.25) is 0 Å². The Hall–Kier alpha value is -0.110. The van der Waals surface area contributed by atoms with E-state index in [0.717, 1.165) is 0 Å². The molecule has 7 heteroatoms. The number of benzene rings is 1. The predicted octanol–water partition coefficient (Wildman–Crippen LogP) is -2.33. The van der Waals surface area contributed by atoms with Crippen LogP contribution in [0.5, 0.6) is 0 Å². The third-order valence-electron chi connectivity index (χ3n) is 1.18. The molecule has 0 amide bonds. The third-order valence-corrected chi connectivity index (χ3v) is 2.05. The maximum atomic E-state index is 10.5. The van der Waals surface area contributed by atoms with Crippen molar-refractivity contribution in [1.82, 2.24) is 0 Å². The van der Waals surface area contributed by atoms with Gasteiger partial charge in [0.2, 0.25) is 0 Å². The molecule has 0 radical (unpaired) electrons. The van der Waals surface area contributed by atoms with Crippen LogP contribution in [-0.4, -0.2) is 18.1 Å². The average Bonchev–Trinajstić information content (AvgIpc) is 2.07. The molecule has 0 unspecified atom stereocenters. The summed E-state index contributed by atoms with van der Waals surface area (Å²) in [5.74, 6) is 0. The Morgan fingerprint density at radius 2 is 1.50 bits per heavy atom. The molecule has 0 spiro atoms. The van der Waals surface area contributed by atoms with Crippen molar-refractivity contribution in [3.05, 3.63) is 31.4 Å². The number of nitrogen functional groups attached to an aromatic ring is 1. The summed E-state index contributed by atoms with van der Waals surface area (Å²) in [6.45, 7) is 0. The second-order valence-electron chi connectivity index (χ2n) is 2.04. The van der Waals surface area contributed by atoms with Gasteiger partial charge in [0.05, 0.1) is 4.90 Å². The van der Waals surface area contributed by atoms with Gasteiger partial charge in [-0.25, -0.2) is 7.11 Å². The summed E-state index contributed by atoms with van der Waals surface area (Å²) in [6.07, 6.45) is 0. The summed E-state index contributed by atoms with van der Waals surface area (Å²) in [7, 11) is -1.83. The summed E-state index contributed by atoms with van der Waals surface area (Å²) in [6, 6.07) is 5.29. The second kappa shape index (κ2) is 7.22. The van der Waals surface area contributed by atoms with E-state index in [1.165, 1.54) is 24.3 Å². The first-order chi connectivity index (χ1) is 6.00. The zero-order valence-electron chi connectivity index (χ0n) is 7.71. The van der Waals surface area contributed by atoms with E-state index in [0.29, 0.717) is 5.69 Å². The first-order valence-corrected chi connectivity index (χ1v) is 4.59. The van der Waals surface area contributed by atoms with Crippen molar-refractivity contribution in [2.24, 2.45) is 0 Å². The first kappa shape index (κ1) is 16.3. The van der Waals surface area contributed by atoms with E-state index in [4.69, 9.17) is 15.4 Å². The van der Waals surface area contributed by atoms with Crippen LogP contribution in [0.25, 0.3) is 0 Å². The smallest absolute Gasteiger partial charge is 0.569 e. The quantitative estimate of drug-likeness (QED) is 0.216. The minimum Gasteiger partial charge on any atom is -0.569 e. The van der Waals surface area contributed by atoms with Gasteiger partial charge in [0.15, 0.2) is 0 Å². The molecule has 0 aliphatic heterocycles. The zero-order valence-corrected chi connectivity index (χ0v) is 10.5. The molecular formula is C7H10NNaO4S. The van der Waals surface area contributed by atoms with Gasteiger partial charge in [-0.15, -0.1) is 0 Å². The second-order valence-corrected chi connectivity index (χ2v) is 3.47. The van der Waals surface area contributed by atoms with Gasteiger partial charge in [-0.3, -0.25) is 4.55 Å². The van der Waals surface area contributed by atoms with Crippen LogP contribution in [0.15, 0.2) is 29.2 Å². The third kappa shape index (κ3) is 5.58. The van der Waals surface area contributed by atoms with Crippen LogP contribution >= 0.6 is 0 Å². The van der Waals surface area contributed by atoms with Gasteiger partial charge in [0.1, 0.15) is 0 Å². The van der Waals surface area contributed by atoms with Crippen LogP contribution in [0.1, 0.15) is 0 Å². The monoisotopic (exact) mass is 227 g/mol. The molecular weight excluding hydrogens is 217 g/mol. The molecule has 0 aliphatic carbocycles. The van der Waals surface area contributed by atoms with Crippen LogP contribution in [0.3, 0.4) is 0 Å². The maximum Gasteiger partial charge on any atom is 1.00 e. The first-order valence-electron chi connectivity index (χ1n) is 3.15. The Kier molecular flexibility index (Phi) is 8.42. The van der Waals surface area contributed by atoms with Gasteiger partial charge < -0.3 is 10.8 Å². The molecule has 0 atom stereocenters. The normalized spacial score (nSPS) is 9.36. The molecule has 4 N–H and O–H groups in total. The molecule has 1 aromatic rings. The molecule has 0 fully saturated rings. The molecule has 1 aromatic carbocycles. The number of anilines is 1. The van der Waals surface area contributed by atoms with Gasteiger partial charge in [-0.1, -0.05) is 0 Å². The minimum atomic E-state index is -4.08. The SMILES string of the molecule is Nc1ccc(S(=O)(=O)O)cc1.[CH2-]O.[Na+]. The van der Waals surface area contributed by atoms with Gasteiger partial charge in [0, 0.05) is 5.69 Å². The number of hydrogen-bond acceptors (Lipinski definition) is 4. The van der Waals surface area contributed by atoms with E-state index >= 15 is 0 Å². The standard InChI is InChI=1S/C6H7NO3S.CH3O.Na/c7-5-1-3-6(4-2-5)11(8,9)10;1-2;/h1-4H,7H2,(H,8,9,10);2H,1H2;/q;-1;+1. The fraction of sp³-hybridized carbons (Fsp3) is 0. The summed E-state index contributed by atoms with van der Waals surface area (Å²) < 4.78 is 29.4. The van der Waals surface area contributed by atoms with E-state index in [1.807, 2.05) is 0 Å². The molecule has 0 aliphatic rings. The van der Waals surface area contributed by atoms with E-state index in [2.05, 4.69) is 7.11 Å². The molecule has 5 nitrogen and oxygen atoms in total. The average molecular weight is 227 g/mol. The minimum absolute atomic E-state index is 0. The van der Waals surface area contributed by atoms with E-state index in [-0.39, 0.29) is 34.5 Å². The van der Waals surface area contributed by atoms with Crippen LogP contribution in [0.4, 0.5) is 5.69 Å². The van der Waals surface area contributed by atoms with Crippen LogP contribution < -0.4 is 35.3 Å². The predicted molar refractivity (Wildman–Crippen MR) is 48.0 cm³/mol. The Balaban J connectivity index is 0. The Morgan fingerprint density at radius 3 is 1.79 bits per heavy atom. The number of rotatable bonds is 1. The van der Waals surface area contributed by atoms with Gasteiger partial charge in [-0.05, 0) is 24.3 Å². The molecule has 0 aromatic heterocycles. The van der Waals surface area contributed by atoms with Gasteiger partial charge >= 0.3 is 29.6 Å². The van der Waals surface area contributed by atoms with Crippen molar-refractivity contribution in [1.29, 1.82) is 0 Å².